The number of fused-ring (bicyclic) bond motifs is 1. The number of nitrogens with one attached hydrogen (secondary N) is 1. The number of para-hydroxylation sites is 1. The summed E-state index contributed by atoms with van der Waals surface area (Å²) in [5.74, 6) is -2.67. The molecule has 4 aromatic carbocycles. The number of hydrogen-bond donors (Lipinski definition) is 1. The summed E-state index contributed by atoms with van der Waals surface area (Å²) in [6, 6.07) is 24.6. The minimum atomic E-state index is -1.54. The summed E-state index contributed by atoms with van der Waals surface area (Å²) in [5.41, 5.74) is 1.18. The first-order chi connectivity index (χ1) is 18.3. The summed E-state index contributed by atoms with van der Waals surface area (Å²) >= 11 is 11.9. The van der Waals surface area contributed by atoms with E-state index in [4.69, 9.17) is 23.2 Å². The maximum Gasteiger partial charge on any atom is 0.279 e. The summed E-state index contributed by atoms with van der Waals surface area (Å²) in [4.78, 5) is 46.1. The summed E-state index contributed by atoms with van der Waals surface area (Å²) in [6.45, 7) is 0. The third-order valence-electron chi connectivity index (χ3n) is 5.91. The lowest BCUT2D eigenvalue weighted by Gasteiger charge is -2.24. The molecule has 6 nitrogen and oxygen atoms in total. The topological polar surface area (TPSA) is 78.8 Å². The van der Waals surface area contributed by atoms with Gasteiger partial charge >= 0.3 is 0 Å². The van der Waals surface area contributed by atoms with Crippen molar-refractivity contribution in [2.24, 2.45) is 4.99 Å². The van der Waals surface area contributed by atoms with Crippen LogP contribution in [0, 0.1) is 5.82 Å². The standard InChI is InChI=1S/C29H18Cl2FN3O3/c30-19-13-9-17(10-14-19)27(36)34-26-29(38)35(28(37)18-11-15-20(31)16-12-18)24-8-4-2-6-22(24)25(33-26)21-5-1-3-7-23(21)32/h1-16,26H,(H,34,36). The van der Waals surface area contributed by atoms with Crippen LogP contribution in [0.2, 0.25) is 10.0 Å². The Kier molecular flexibility index (Phi) is 7.05. The van der Waals surface area contributed by atoms with Crippen LogP contribution in [0.4, 0.5) is 10.1 Å². The monoisotopic (exact) mass is 545 g/mol. The summed E-state index contributed by atoms with van der Waals surface area (Å²) < 4.78 is 15.0. The second-order valence-electron chi connectivity index (χ2n) is 8.34. The molecule has 1 N–H and O–H groups in total. The van der Waals surface area contributed by atoms with Gasteiger partial charge in [0.15, 0.2) is 0 Å². The normalized spacial score (nSPS) is 14.8. The molecular formula is C29H18Cl2FN3O3. The predicted molar refractivity (Wildman–Crippen MR) is 144 cm³/mol. The molecule has 5 rings (SSSR count). The maximum absolute atomic E-state index is 15.0. The van der Waals surface area contributed by atoms with Gasteiger partial charge in [-0.3, -0.25) is 14.4 Å². The number of amides is 3. The number of imide groups is 1. The number of benzodiazepines with no additional fused rings is 1. The fourth-order valence-electron chi connectivity index (χ4n) is 4.07. The van der Waals surface area contributed by atoms with Crippen molar-refractivity contribution in [3.63, 3.8) is 0 Å². The van der Waals surface area contributed by atoms with Crippen LogP contribution in [0.3, 0.4) is 0 Å². The second kappa shape index (κ2) is 10.6. The average molecular weight is 546 g/mol. The largest absolute Gasteiger partial charge is 0.322 e. The number of benzene rings is 4. The lowest BCUT2D eigenvalue weighted by molar-refractivity contribution is -0.119. The Morgan fingerprint density at radius 3 is 1.95 bits per heavy atom. The molecule has 0 saturated carbocycles. The molecule has 3 amide bonds. The summed E-state index contributed by atoms with van der Waals surface area (Å²) in [7, 11) is 0. The van der Waals surface area contributed by atoms with Gasteiger partial charge in [0.1, 0.15) is 5.82 Å². The van der Waals surface area contributed by atoms with Crippen molar-refractivity contribution in [2.45, 2.75) is 6.17 Å². The number of aliphatic imine (C=N–C) groups is 1. The van der Waals surface area contributed by atoms with Crippen LogP contribution in [0.1, 0.15) is 31.8 Å². The van der Waals surface area contributed by atoms with E-state index in [9.17, 15) is 18.8 Å². The highest BCUT2D eigenvalue weighted by molar-refractivity contribution is 6.32. The second-order valence-corrected chi connectivity index (χ2v) is 9.22. The Morgan fingerprint density at radius 1 is 0.763 bits per heavy atom. The van der Waals surface area contributed by atoms with Crippen LogP contribution in [0.5, 0.6) is 0 Å². The van der Waals surface area contributed by atoms with Gasteiger partial charge in [-0.05, 0) is 66.7 Å². The molecule has 1 aliphatic heterocycles. The number of hydrogen-bond acceptors (Lipinski definition) is 4. The van der Waals surface area contributed by atoms with Crippen LogP contribution in [0.15, 0.2) is 102 Å². The van der Waals surface area contributed by atoms with Gasteiger partial charge in [-0.1, -0.05) is 53.5 Å². The van der Waals surface area contributed by atoms with Gasteiger partial charge in [-0.2, -0.15) is 0 Å². The Balaban J connectivity index is 1.66. The Labute approximate surface area is 227 Å². The van der Waals surface area contributed by atoms with Crippen LogP contribution in [-0.2, 0) is 4.79 Å². The molecule has 0 fully saturated rings. The zero-order valence-electron chi connectivity index (χ0n) is 19.6. The molecule has 38 heavy (non-hydrogen) atoms. The van der Waals surface area contributed by atoms with Crippen molar-refractivity contribution in [2.75, 3.05) is 4.90 Å². The van der Waals surface area contributed by atoms with E-state index < -0.39 is 29.7 Å². The first-order valence-electron chi connectivity index (χ1n) is 11.5. The Bertz CT molecular complexity index is 1590. The molecule has 188 valence electrons. The number of halogens is 3. The fraction of sp³-hybridized carbons (Fsp3) is 0.0345. The van der Waals surface area contributed by atoms with E-state index in [1.165, 1.54) is 66.7 Å². The van der Waals surface area contributed by atoms with Crippen molar-refractivity contribution in [3.8, 4) is 0 Å². The zero-order valence-corrected chi connectivity index (χ0v) is 21.1. The molecule has 0 radical (unpaired) electrons. The van der Waals surface area contributed by atoms with Crippen LogP contribution >= 0.6 is 23.2 Å². The molecule has 0 spiro atoms. The minimum absolute atomic E-state index is 0.110. The first kappa shape index (κ1) is 25.3. The molecule has 0 aromatic heterocycles. The van der Waals surface area contributed by atoms with Crippen molar-refractivity contribution in [3.05, 3.63) is 135 Å². The smallest absolute Gasteiger partial charge is 0.279 e. The highest BCUT2D eigenvalue weighted by Crippen LogP contribution is 2.30. The van der Waals surface area contributed by atoms with E-state index in [2.05, 4.69) is 10.3 Å². The number of carbonyl (C=O) groups is 3. The molecule has 4 aromatic rings. The summed E-state index contributed by atoms with van der Waals surface area (Å²) in [5, 5.41) is 3.44. The Morgan fingerprint density at radius 2 is 1.32 bits per heavy atom. The quantitative estimate of drug-likeness (QED) is 0.323. The predicted octanol–water partition coefficient (Wildman–Crippen LogP) is 5.91. The van der Waals surface area contributed by atoms with E-state index in [1.807, 2.05) is 0 Å². The van der Waals surface area contributed by atoms with Crippen LogP contribution in [-0.4, -0.2) is 29.6 Å². The number of rotatable bonds is 4. The number of carbonyl (C=O) groups excluding carboxylic acids is 3. The molecule has 0 bridgehead atoms. The number of anilines is 1. The lowest BCUT2D eigenvalue weighted by Crippen LogP contribution is -2.49. The van der Waals surface area contributed by atoms with Gasteiger partial charge in [0.25, 0.3) is 17.7 Å². The molecule has 0 aliphatic carbocycles. The average Bonchev–Trinajstić information content (AvgIpc) is 3.04. The maximum atomic E-state index is 15.0. The molecule has 1 heterocycles. The molecule has 1 atom stereocenters. The highest BCUT2D eigenvalue weighted by Gasteiger charge is 2.37. The number of nitrogens with zero attached hydrogens (tertiary/aromatic N) is 2. The molecule has 9 heteroatoms. The lowest BCUT2D eigenvalue weighted by atomic mass is 9.99. The van der Waals surface area contributed by atoms with Gasteiger partial charge in [-0.15, -0.1) is 0 Å². The first-order valence-corrected chi connectivity index (χ1v) is 12.2. The van der Waals surface area contributed by atoms with Crippen molar-refractivity contribution >= 4 is 52.3 Å². The zero-order chi connectivity index (χ0) is 26.8. The van der Waals surface area contributed by atoms with E-state index in [0.717, 1.165) is 4.90 Å². The summed E-state index contributed by atoms with van der Waals surface area (Å²) in [6.07, 6.45) is -1.54. The van der Waals surface area contributed by atoms with Gasteiger partial charge in [-0.25, -0.2) is 14.3 Å². The van der Waals surface area contributed by atoms with Crippen molar-refractivity contribution in [1.29, 1.82) is 0 Å². The van der Waals surface area contributed by atoms with Crippen molar-refractivity contribution in [1.82, 2.24) is 5.32 Å². The highest BCUT2D eigenvalue weighted by atomic mass is 35.5. The molecule has 1 aliphatic rings. The third kappa shape index (κ3) is 4.94. The van der Waals surface area contributed by atoms with Gasteiger partial charge < -0.3 is 5.32 Å². The Hall–Kier alpha value is -4.33. The molecule has 0 saturated heterocycles. The SMILES string of the molecule is O=C(NC1N=C(c2ccccc2F)c2ccccc2N(C(=O)c2ccc(Cl)cc2)C1=O)c1ccc(Cl)cc1. The van der Waals surface area contributed by atoms with Crippen LogP contribution in [0.25, 0.3) is 0 Å². The van der Waals surface area contributed by atoms with Gasteiger partial charge in [0.2, 0.25) is 6.17 Å². The van der Waals surface area contributed by atoms with Crippen LogP contribution < -0.4 is 10.2 Å². The van der Waals surface area contributed by atoms with Gasteiger partial charge in [0.05, 0.1) is 11.4 Å². The molecule has 1 unspecified atom stereocenters. The third-order valence-corrected chi connectivity index (χ3v) is 6.41. The van der Waals surface area contributed by atoms with Crippen molar-refractivity contribution < 1.29 is 18.8 Å². The van der Waals surface area contributed by atoms with E-state index in [0.29, 0.717) is 15.6 Å². The van der Waals surface area contributed by atoms with Gasteiger partial charge in [0, 0.05) is 32.3 Å². The van der Waals surface area contributed by atoms with E-state index >= 15 is 0 Å². The molecular weight excluding hydrogens is 528 g/mol. The van der Waals surface area contributed by atoms with E-state index in [-0.39, 0.29) is 28.1 Å². The fourth-order valence-corrected chi connectivity index (χ4v) is 4.32. The minimum Gasteiger partial charge on any atom is -0.322 e. The van der Waals surface area contributed by atoms with E-state index in [1.54, 1.807) is 30.3 Å².